The molecule has 5 heterocycles. The Bertz CT molecular complexity index is 1390. The van der Waals surface area contributed by atoms with Crippen LogP contribution < -0.4 is 15.6 Å². The molecular weight excluding hydrogens is 453 g/mol. The summed E-state index contributed by atoms with van der Waals surface area (Å²) >= 11 is 0. The van der Waals surface area contributed by atoms with Crippen LogP contribution in [0.4, 0.5) is 10.1 Å². The number of carbonyl (C=O) groups excluding carboxylic acids is 1. The van der Waals surface area contributed by atoms with E-state index in [1.165, 1.54) is 16.8 Å². The monoisotopic (exact) mass is 481 g/mol. The summed E-state index contributed by atoms with van der Waals surface area (Å²) in [6.45, 7) is 6.61. The summed E-state index contributed by atoms with van der Waals surface area (Å²) in [5.74, 6) is 0.0610. The number of carbonyl (C=O) groups is 1. The summed E-state index contributed by atoms with van der Waals surface area (Å²) in [4.78, 5) is 35.4. The van der Waals surface area contributed by atoms with Crippen LogP contribution in [0.3, 0.4) is 0 Å². The zero-order chi connectivity index (χ0) is 24.5. The Balaban J connectivity index is 1.35. The van der Waals surface area contributed by atoms with E-state index in [9.17, 15) is 14.0 Å². The van der Waals surface area contributed by atoms with E-state index in [1.54, 1.807) is 16.7 Å². The van der Waals surface area contributed by atoms with Crippen molar-refractivity contribution in [3.05, 3.63) is 52.3 Å². The third kappa shape index (κ3) is 3.62. The molecule has 1 N–H and O–H groups in total. The van der Waals surface area contributed by atoms with Crippen LogP contribution in [0, 0.1) is 0 Å². The van der Waals surface area contributed by atoms with Crippen LogP contribution in [-0.4, -0.2) is 49.3 Å². The van der Waals surface area contributed by atoms with Crippen LogP contribution in [0.1, 0.15) is 68.5 Å². The van der Waals surface area contributed by atoms with Gasteiger partial charge in [-0.05, 0) is 45.2 Å². The van der Waals surface area contributed by atoms with E-state index in [-0.39, 0.29) is 34.3 Å². The lowest BCUT2D eigenvalue weighted by Crippen LogP contribution is -2.45. The number of hydrogen-bond acceptors (Lipinski definition) is 6. The Hall–Kier alpha value is -3.27. The normalized spacial score (nSPS) is 29.6. The van der Waals surface area contributed by atoms with Crippen LogP contribution in [0.5, 0.6) is 5.88 Å². The molecule has 1 amide bonds. The molecular formula is C25H28FN5O4. The number of halogens is 1. The van der Waals surface area contributed by atoms with Gasteiger partial charge in [-0.25, -0.2) is 9.37 Å². The number of hydrogen-bond donors (Lipinski definition) is 1. The first kappa shape index (κ1) is 22.2. The van der Waals surface area contributed by atoms with Crippen LogP contribution in [0.25, 0.3) is 5.78 Å². The molecule has 0 spiro atoms. The molecule has 2 saturated carbocycles. The van der Waals surface area contributed by atoms with Gasteiger partial charge in [-0.2, -0.15) is 4.98 Å². The molecule has 184 valence electrons. The zero-order valence-electron chi connectivity index (χ0n) is 20.0. The Kier molecular flexibility index (Phi) is 4.83. The molecule has 2 bridgehead atoms. The average molecular weight is 482 g/mol. The Labute approximate surface area is 201 Å². The molecule has 2 saturated heterocycles. The number of rotatable bonds is 7. The Morgan fingerprint density at radius 3 is 2.80 bits per heavy atom. The highest BCUT2D eigenvalue weighted by atomic mass is 19.1. The minimum atomic E-state index is -1.03. The fourth-order valence-corrected chi connectivity index (χ4v) is 5.33. The smallest absolute Gasteiger partial charge is 0.274 e. The van der Waals surface area contributed by atoms with E-state index in [1.807, 2.05) is 20.0 Å². The maximum atomic E-state index is 13.5. The molecule has 7 rings (SSSR count). The van der Waals surface area contributed by atoms with Gasteiger partial charge in [-0.15, -0.1) is 0 Å². The van der Waals surface area contributed by atoms with Crippen molar-refractivity contribution in [1.29, 1.82) is 0 Å². The number of fused-ring (bicyclic) bond motifs is 2. The van der Waals surface area contributed by atoms with Crippen molar-refractivity contribution in [2.75, 3.05) is 11.9 Å². The second-order valence-electron chi connectivity index (χ2n) is 10.4. The Morgan fingerprint density at radius 2 is 2.14 bits per heavy atom. The SMILES string of the molecule is CC[C@H](C)Oc1nc2nc(C34COC(C)(C3)C4)cn2cc1C(=O)Nc1cccn([C@H]2C[C@H]2F)c1=O. The van der Waals surface area contributed by atoms with Gasteiger partial charge in [0.25, 0.3) is 11.5 Å². The van der Waals surface area contributed by atoms with Gasteiger partial charge in [-0.3, -0.25) is 14.0 Å². The summed E-state index contributed by atoms with van der Waals surface area (Å²) < 4.78 is 28.5. The average Bonchev–Trinajstić information content (AvgIpc) is 3.11. The fourth-order valence-electron chi connectivity index (χ4n) is 5.33. The summed E-state index contributed by atoms with van der Waals surface area (Å²) in [6, 6.07) is 2.66. The van der Waals surface area contributed by atoms with E-state index in [4.69, 9.17) is 14.5 Å². The van der Waals surface area contributed by atoms with Gasteiger partial charge in [0.05, 0.1) is 30.0 Å². The maximum Gasteiger partial charge on any atom is 0.274 e. The van der Waals surface area contributed by atoms with E-state index in [0.717, 1.165) is 25.0 Å². The predicted molar refractivity (Wildman–Crippen MR) is 126 cm³/mol. The maximum absolute atomic E-state index is 13.5. The molecule has 4 fully saturated rings. The minimum Gasteiger partial charge on any atom is -0.474 e. The first-order valence-corrected chi connectivity index (χ1v) is 12.1. The third-order valence-electron chi connectivity index (χ3n) is 7.47. The standard InChI is InChI=1S/C25H28FN5O4/c1-4-14(2)35-21-15(20(32)27-17-6-5-7-31(22(17)33)18-8-16(18)26)9-30-10-19(28-23(30)29-21)25-11-24(3,12-25)34-13-25/h5-7,9-10,14,16,18H,4,8,11-13H2,1-3H3,(H,27,32)/t14-,16+,18-,24?,25?/m0/s1. The lowest BCUT2D eigenvalue weighted by atomic mass is 9.62. The summed E-state index contributed by atoms with van der Waals surface area (Å²) in [6.07, 6.45) is 6.71. The number of imidazole rings is 1. The number of alkyl halides is 1. The van der Waals surface area contributed by atoms with Gasteiger partial charge in [0.2, 0.25) is 11.7 Å². The van der Waals surface area contributed by atoms with Crippen molar-refractivity contribution >= 4 is 17.4 Å². The van der Waals surface area contributed by atoms with Crippen LogP contribution >= 0.6 is 0 Å². The van der Waals surface area contributed by atoms with Crippen molar-refractivity contribution in [3.63, 3.8) is 0 Å². The highest BCUT2D eigenvalue weighted by Crippen LogP contribution is 2.58. The summed E-state index contributed by atoms with van der Waals surface area (Å²) in [7, 11) is 0. The van der Waals surface area contributed by atoms with Crippen molar-refractivity contribution in [1.82, 2.24) is 18.9 Å². The zero-order valence-corrected chi connectivity index (χ0v) is 20.0. The predicted octanol–water partition coefficient (Wildman–Crippen LogP) is 3.42. The highest BCUT2D eigenvalue weighted by molar-refractivity contribution is 6.05. The van der Waals surface area contributed by atoms with Crippen LogP contribution in [0.15, 0.2) is 35.5 Å². The van der Waals surface area contributed by atoms with Crippen molar-refractivity contribution < 1.29 is 18.7 Å². The number of aromatic nitrogens is 4. The second kappa shape index (κ2) is 7.61. The van der Waals surface area contributed by atoms with Gasteiger partial charge >= 0.3 is 0 Å². The molecule has 0 radical (unpaired) electrons. The number of amides is 1. The van der Waals surface area contributed by atoms with Crippen molar-refractivity contribution in [2.45, 2.75) is 75.8 Å². The molecule has 2 aliphatic heterocycles. The number of nitrogens with zero attached hydrogens (tertiary/aromatic N) is 4. The highest BCUT2D eigenvalue weighted by Gasteiger charge is 2.61. The second-order valence-corrected chi connectivity index (χ2v) is 10.4. The summed E-state index contributed by atoms with van der Waals surface area (Å²) in [5.41, 5.74) is 0.517. The molecule has 35 heavy (non-hydrogen) atoms. The molecule has 4 aliphatic rings. The number of anilines is 1. The van der Waals surface area contributed by atoms with Gasteiger partial charge in [0.1, 0.15) is 17.4 Å². The largest absolute Gasteiger partial charge is 0.474 e. The van der Waals surface area contributed by atoms with Gasteiger partial charge < -0.3 is 19.4 Å². The molecule has 3 aromatic heterocycles. The number of ether oxygens (including phenoxy) is 2. The molecule has 0 unspecified atom stereocenters. The third-order valence-corrected chi connectivity index (χ3v) is 7.47. The van der Waals surface area contributed by atoms with Crippen LogP contribution in [-0.2, 0) is 10.2 Å². The molecule has 0 aromatic carbocycles. The molecule has 2 aliphatic carbocycles. The van der Waals surface area contributed by atoms with Crippen molar-refractivity contribution in [2.24, 2.45) is 0 Å². The first-order chi connectivity index (χ1) is 16.7. The molecule has 10 heteroatoms. The van der Waals surface area contributed by atoms with Gasteiger partial charge in [-0.1, -0.05) is 6.92 Å². The van der Waals surface area contributed by atoms with Gasteiger partial charge in [0, 0.05) is 30.4 Å². The van der Waals surface area contributed by atoms with Crippen molar-refractivity contribution in [3.8, 4) is 5.88 Å². The van der Waals surface area contributed by atoms with E-state index >= 15 is 0 Å². The minimum absolute atomic E-state index is 0.0771. The fraction of sp³-hybridized carbons (Fsp3) is 0.520. The quantitative estimate of drug-likeness (QED) is 0.555. The van der Waals surface area contributed by atoms with E-state index in [0.29, 0.717) is 18.8 Å². The number of nitrogens with one attached hydrogen (secondary N) is 1. The van der Waals surface area contributed by atoms with Gasteiger partial charge in [0.15, 0.2) is 0 Å². The van der Waals surface area contributed by atoms with E-state index < -0.39 is 23.7 Å². The van der Waals surface area contributed by atoms with Crippen LogP contribution in [0.2, 0.25) is 0 Å². The topological polar surface area (TPSA) is 99.8 Å². The summed E-state index contributed by atoms with van der Waals surface area (Å²) in [5, 5.41) is 2.67. The molecule has 9 nitrogen and oxygen atoms in total. The molecule has 3 atom stereocenters. The van der Waals surface area contributed by atoms with E-state index in [2.05, 4.69) is 17.2 Å². The molecule has 3 aromatic rings. The number of pyridine rings is 1. The first-order valence-electron chi connectivity index (χ1n) is 12.1. The lowest BCUT2D eigenvalue weighted by molar-refractivity contribution is 0.0154. The Morgan fingerprint density at radius 1 is 1.37 bits per heavy atom. The lowest BCUT2D eigenvalue weighted by Gasteiger charge is -2.41.